The zero-order valence-corrected chi connectivity index (χ0v) is 16.6. The van der Waals surface area contributed by atoms with Gasteiger partial charge in [-0.2, -0.15) is 4.68 Å². The Labute approximate surface area is 160 Å². The molecular formula is C15H18ClN5O3S2. The van der Waals surface area contributed by atoms with Crippen LogP contribution >= 0.6 is 23.4 Å². The van der Waals surface area contributed by atoms with Crippen LogP contribution in [0.15, 0.2) is 23.4 Å². The van der Waals surface area contributed by atoms with Crippen LogP contribution in [0.1, 0.15) is 11.1 Å². The summed E-state index contributed by atoms with van der Waals surface area (Å²) in [5, 5.41) is 14.2. The van der Waals surface area contributed by atoms with Crippen molar-refractivity contribution in [3.63, 3.8) is 0 Å². The summed E-state index contributed by atoms with van der Waals surface area (Å²) in [7, 11) is -3.19. The van der Waals surface area contributed by atoms with Gasteiger partial charge in [0.15, 0.2) is 9.84 Å². The highest BCUT2D eigenvalue weighted by Gasteiger charge is 2.37. The van der Waals surface area contributed by atoms with E-state index in [9.17, 15) is 13.2 Å². The second-order valence-corrected chi connectivity index (χ2v) is 9.88. The lowest BCUT2D eigenvalue weighted by Gasteiger charge is -2.14. The van der Waals surface area contributed by atoms with Crippen molar-refractivity contribution < 1.29 is 13.2 Å². The molecule has 0 bridgehead atoms. The number of hydrogen-bond acceptors (Lipinski definition) is 7. The molecule has 0 aliphatic carbocycles. The fourth-order valence-electron chi connectivity index (χ4n) is 2.78. The van der Waals surface area contributed by atoms with Gasteiger partial charge in [-0.25, -0.2) is 8.42 Å². The minimum absolute atomic E-state index is 0.0610. The molecule has 1 fully saturated rings. The van der Waals surface area contributed by atoms with Gasteiger partial charge in [-0.1, -0.05) is 29.5 Å². The Morgan fingerprint density at radius 1 is 1.38 bits per heavy atom. The Morgan fingerprint density at radius 3 is 2.81 bits per heavy atom. The summed E-state index contributed by atoms with van der Waals surface area (Å²) >= 11 is 7.18. The van der Waals surface area contributed by atoms with E-state index in [2.05, 4.69) is 20.8 Å². The Kier molecular flexibility index (Phi) is 5.54. The number of nitrogens with zero attached hydrogens (tertiary/aromatic N) is 4. The van der Waals surface area contributed by atoms with Gasteiger partial charge in [0, 0.05) is 0 Å². The number of carbonyl (C=O) groups excluding carboxylic acids is 1. The molecule has 3 rings (SSSR count). The molecule has 1 saturated heterocycles. The van der Waals surface area contributed by atoms with Crippen molar-refractivity contribution in [2.75, 3.05) is 17.3 Å². The predicted molar refractivity (Wildman–Crippen MR) is 99.6 cm³/mol. The molecule has 2 atom stereocenters. The number of aryl methyl sites for hydroxylation is 2. The molecule has 11 heteroatoms. The van der Waals surface area contributed by atoms with Crippen LogP contribution in [-0.2, 0) is 14.6 Å². The summed E-state index contributed by atoms with van der Waals surface area (Å²) < 4.78 is 24.7. The van der Waals surface area contributed by atoms with Crippen LogP contribution < -0.4 is 5.32 Å². The molecule has 1 aromatic carbocycles. The van der Waals surface area contributed by atoms with Crippen LogP contribution in [0.5, 0.6) is 0 Å². The van der Waals surface area contributed by atoms with E-state index in [1.807, 2.05) is 32.0 Å². The van der Waals surface area contributed by atoms with E-state index in [0.29, 0.717) is 5.16 Å². The summed E-state index contributed by atoms with van der Waals surface area (Å²) in [6.07, 6.45) is 0. The van der Waals surface area contributed by atoms with Gasteiger partial charge in [-0.3, -0.25) is 4.79 Å². The van der Waals surface area contributed by atoms with Gasteiger partial charge in [-0.05, 0) is 35.9 Å². The Bertz CT molecular complexity index is 931. The number of hydrogen-bond donors (Lipinski definition) is 1. The number of aromatic nitrogens is 4. The van der Waals surface area contributed by atoms with E-state index in [1.165, 1.54) is 11.8 Å². The van der Waals surface area contributed by atoms with Crippen molar-refractivity contribution >= 4 is 39.1 Å². The number of tetrazole rings is 1. The molecule has 1 N–H and O–H groups in total. The first-order valence-corrected chi connectivity index (χ1v) is 11.1. The summed E-state index contributed by atoms with van der Waals surface area (Å²) in [6.45, 7) is 3.97. The molecular weight excluding hydrogens is 398 g/mol. The van der Waals surface area contributed by atoms with Crippen molar-refractivity contribution in [3.05, 3.63) is 29.3 Å². The molecule has 0 spiro atoms. The first-order valence-electron chi connectivity index (χ1n) is 7.88. The first kappa shape index (κ1) is 19.1. The molecule has 0 unspecified atom stereocenters. The maximum absolute atomic E-state index is 12.1. The summed E-state index contributed by atoms with van der Waals surface area (Å²) in [4.78, 5) is 12.1. The average Bonchev–Trinajstić information content (AvgIpc) is 3.09. The van der Waals surface area contributed by atoms with Crippen LogP contribution in [0, 0.1) is 13.8 Å². The van der Waals surface area contributed by atoms with Crippen LogP contribution in [0.3, 0.4) is 0 Å². The van der Waals surface area contributed by atoms with Crippen molar-refractivity contribution in [1.29, 1.82) is 0 Å². The second-order valence-electron chi connectivity index (χ2n) is 6.22. The highest BCUT2D eigenvalue weighted by atomic mass is 35.5. The summed E-state index contributed by atoms with van der Waals surface area (Å²) in [5.41, 5.74) is 2.99. The number of halogens is 1. The zero-order chi connectivity index (χ0) is 18.9. The van der Waals surface area contributed by atoms with Crippen molar-refractivity contribution in [2.45, 2.75) is 30.4 Å². The topological polar surface area (TPSA) is 107 Å². The monoisotopic (exact) mass is 415 g/mol. The molecule has 0 radical (unpaired) electrons. The van der Waals surface area contributed by atoms with Crippen LogP contribution in [0.25, 0.3) is 5.69 Å². The molecule has 0 saturated carbocycles. The van der Waals surface area contributed by atoms with E-state index in [4.69, 9.17) is 11.6 Å². The Hall–Kier alpha value is -1.65. The molecule has 1 aromatic heterocycles. The number of nitrogens with one attached hydrogen (secondary N) is 1. The molecule has 8 nitrogen and oxygen atoms in total. The SMILES string of the molecule is Cc1ccc(-n2nnnc2SCC(=O)N[C@@H]2CS(=O)(=O)C[C@@H]2Cl)c(C)c1. The number of rotatable bonds is 5. The number of amides is 1. The molecule has 2 heterocycles. The van der Waals surface area contributed by atoms with Crippen molar-refractivity contribution in [2.24, 2.45) is 0 Å². The van der Waals surface area contributed by atoms with Gasteiger partial charge < -0.3 is 5.32 Å². The summed E-state index contributed by atoms with van der Waals surface area (Å²) in [6, 6.07) is 5.35. The lowest BCUT2D eigenvalue weighted by molar-refractivity contribution is -0.119. The highest BCUT2D eigenvalue weighted by Crippen LogP contribution is 2.22. The quantitative estimate of drug-likeness (QED) is 0.570. The van der Waals surface area contributed by atoms with E-state index in [-0.39, 0.29) is 23.2 Å². The molecule has 1 amide bonds. The van der Waals surface area contributed by atoms with Gasteiger partial charge in [0.2, 0.25) is 11.1 Å². The van der Waals surface area contributed by atoms with E-state index >= 15 is 0 Å². The first-order chi connectivity index (χ1) is 12.2. The van der Waals surface area contributed by atoms with Gasteiger partial charge in [0.1, 0.15) is 0 Å². The number of thioether (sulfide) groups is 1. The molecule has 1 aliphatic rings. The minimum atomic E-state index is -3.19. The minimum Gasteiger partial charge on any atom is -0.350 e. The Morgan fingerprint density at radius 2 is 2.15 bits per heavy atom. The standard InChI is InChI=1S/C15H18ClN5O3S2/c1-9-3-4-13(10(2)5-9)21-15(18-19-20-21)25-6-14(22)17-12-8-26(23,24)7-11(12)16/h3-5,11-12H,6-8H2,1-2H3,(H,17,22)/t11-,12+/m0/s1. The molecule has 140 valence electrons. The Balaban J connectivity index is 1.64. The lowest BCUT2D eigenvalue weighted by Crippen LogP contribution is -2.41. The average molecular weight is 416 g/mol. The lowest BCUT2D eigenvalue weighted by atomic mass is 10.1. The maximum Gasteiger partial charge on any atom is 0.230 e. The fourth-order valence-corrected chi connectivity index (χ4v) is 6.02. The van der Waals surface area contributed by atoms with E-state index in [1.54, 1.807) is 4.68 Å². The fraction of sp³-hybridized carbons (Fsp3) is 0.467. The van der Waals surface area contributed by atoms with Crippen molar-refractivity contribution in [3.8, 4) is 5.69 Å². The van der Waals surface area contributed by atoms with E-state index < -0.39 is 21.3 Å². The van der Waals surface area contributed by atoms with Crippen LogP contribution in [-0.4, -0.2) is 63.2 Å². The highest BCUT2D eigenvalue weighted by molar-refractivity contribution is 7.99. The third kappa shape index (κ3) is 4.36. The number of benzene rings is 1. The molecule has 1 aliphatic heterocycles. The van der Waals surface area contributed by atoms with E-state index in [0.717, 1.165) is 16.8 Å². The van der Waals surface area contributed by atoms with Gasteiger partial charge >= 0.3 is 0 Å². The number of sulfone groups is 1. The summed E-state index contributed by atoms with van der Waals surface area (Å²) in [5.74, 6) is -0.487. The van der Waals surface area contributed by atoms with Gasteiger partial charge in [0.05, 0.1) is 34.4 Å². The molecule has 26 heavy (non-hydrogen) atoms. The normalized spacial score (nSPS) is 21.7. The van der Waals surface area contributed by atoms with Crippen LogP contribution in [0.4, 0.5) is 0 Å². The predicted octanol–water partition coefficient (Wildman–Crippen LogP) is 0.892. The third-order valence-electron chi connectivity index (χ3n) is 3.98. The largest absolute Gasteiger partial charge is 0.350 e. The number of alkyl halides is 1. The van der Waals surface area contributed by atoms with Gasteiger partial charge in [-0.15, -0.1) is 16.7 Å². The second kappa shape index (κ2) is 7.53. The third-order valence-corrected chi connectivity index (χ3v) is 7.28. The number of carbonyl (C=O) groups is 1. The maximum atomic E-state index is 12.1. The van der Waals surface area contributed by atoms with Crippen molar-refractivity contribution in [1.82, 2.24) is 25.5 Å². The smallest absolute Gasteiger partial charge is 0.230 e. The van der Waals surface area contributed by atoms with Crippen LogP contribution in [0.2, 0.25) is 0 Å². The van der Waals surface area contributed by atoms with Gasteiger partial charge in [0.25, 0.3) is 0 Å². The zero-order valence-electron chi connectivity index (χ0n) is 14.2. The molecule has 2 aromatic rings.